The Morgan fingerprint density at radius 1 is 0.750 bits per heavy atom. The zero-order chi connectivity index (χ0) is 14.8. The van der Waals surface area contributed by atoms with Gasteiger partial charge >= 0.3 is 6.18 Å². The number of benzene rings is 2. The van der Waals surface area contributed by atoms with Crippen LogP contribution in [0.15, 0.2) is 54.6 Å². The fourth-order valence-corrected chi connectivity index (χ4v) is 1.91. The standard InChI is InChI=1S/C15H13F3O2/c16-15(17,18)12-8-4-7-11(9-12)14(20)13(19)10-5-2-1-3-6-10/h1-9,13-14,19-20H. The molecular formula is C15H13F3O2. The van der Waals surface area contributed by atoms with Gasteiger partial charge in [-0.05, 0) is 23.3 Å². The molecule has 106 valence electrons. The molecular weight excluding hydrogens is 269 g/mol. The van der Waals surface area contributed by atoms with E-state index in [1.54, 1.807) is 30.3 Å². The molecule has 0 aromatic heterocycles. The molecule has 0 saturated carbocycles. The molecule has 0 aliphatic rings. The summed E-state index contributed by atoms with van der Waals surface area (Å²) in [5.41, 5.74) is -0.386. The maximum absolute atomic E-state index is 12.6. The lowest BCUT2D eigenvalue weighted by Gasteiger charge is -2.19. The second-order valence-electron chi connectivity index (χ2n) is 4.42. The van der Waals surface area contributed by atoms with Gasteiger partial charge in [-0.3, -0.25) is 0 Å². The van der Waals surface area contributed by atoms with Crippen LogP contribution >= 0.6 is 0 Å². The summed E-state index contributed by atoms with van der Waals surface area (Å²) in [6, 6.07) is 12.6. The smallest absolute Gasteiger partial charge is 0.385 e. The van der Waals surface area contributed by atoms with Crippen LogP contribution in [0.5, 0.6) is 0 Å². The largest absolute Gasteiger partial charge is 0.416 e. The molecule has 20 heavy (non-hydrogen) atoms. The summed E-state index contributed by atoms with van der Waals surface area (Å²) in [4.78, 5) is 0. The Balaban J connectivity index is 2.27. The van der Waals surface area contributed by atoms with Gasteiger partial charge in [-0.1, -0.05) is 42.5 Å². The fourth-order valence-electron chi connectivity index (χ4n) is 1.91. The maximum atomic E-state index is 12.6. The van der Waals surface area contributed by atoms with Crippen LogP contribution in [0.25, 0.3) is 0 Å². The van der Waals surface area contributed by atoms with Gasteiger partial charge in [0.05, 0.1) is 5.56 Å². The Kier molecular flexibility index (Phi) is 4.11. The molecule has 2 aromatic rings. The van der Waals surface area contributed by atoms with Gasteiger partial charge < -0.3 is 10.2 Å². The molecule has 2 aromatic carbocycles. The predicted octanol–water partition coefficient (Wildman–Crippen LogP) is 3.47. The summed E-state index contributed by atoms with van der Waals surface area (Å²) in [6.07, 6.45) is -7.17. The van der Waals surface area contributed by atoms with Crippen molar-refractivity contribution in [3.63, 3.8) is 0 Å². The highest BCUT2D eigenvalue weighted by molar-refractivity contribution is 5.30. The normalized spacial score (nSPS) is 14.8. The van der Waals surface area contributed by atoms with E-state index in [2.05, 4.69) is 0 Å². The minimum absolute atomic E-state index is 0.0242. The molecule has 0 radical (unpaired) electrons. The van der Waals surface area contributed by atoms with Crippen LogP contribution in [-0.2, 0) is 6.18 Å². The molecule has 2 N–H and O–H groups in total. The van der Waals surface area contributed by atoms with E-state index >= 15 is 0 Å². The van der Waals surface area contributed by atoms with E-state index in [4.69, 9.17) is 0 Å². The first kappa shape index (κ1) is 14.6. The number of alkyl halides is 3. The Hall–Kier alpha value is -1.85. The molecule has 0 aliphatic heterocycles. The molecule has 2 nitrogen and oxygen atoms in total. The van der Waals surface area contributed by atoms with Gasteiger partial charge in [0.2, 0.25) is 0 Å². The van der Waals surface area contributed by atoms with Gasteiger partial charge in [-0.25, -0.2) is 0 Å². The van der Waals surface area contributed by atoms with Crippen molar-refractivity contribution < 1.29 is 23.4 Å². The topological polar surface area (TPSA) is 40.5 Å². The number of hydrogen-bond donors (Lipinski definition) is 2. The Bertz CT molecular complexity index is 567. The summed E-state index contributed by atoms with van der Waals surface area (Å²) in [5, 5.41) is 20.0. The molecule has 0 heterocycles. The van der Waals surface area contributed by atoms with Gasteiger partial charge in [-0.15, -0.1) is 0 Å². The van der Waals surface area contributed by atoms with Crippen LogP contribution in [0.4, 0.5) is 13.2 Å². The van der Waals surface area contributed by atoms with Gasteiger partial charge in [0.15, 0.2) is 0 Å². The second-order valence-corrected chi connectivity index (χ2v) is 4.42. The highest BCUT2D eigenvalue weighted by Gasteiger charge is 2.31. The van der Waals surface area contributed by atoms with Crippen molar-refractivity contribution in [3.05, 3.63) is 71.3 Å². The van der Waals surface area contributed by atoms with E-state index in [1.807, 2.05) is 0 Å². The van der Waals surface area contributed by atoms with E-state index in [0.717, 1.165) is 12.1 Å². The summed E-state index contributed by atoms with van der Waals surface area (Å²) in [7, 11) is 0. The number of halogens is 3. The zero-order valence-electron chi connectivity index (χ0n) is 10.4. The minimum Gasteiger partial charge on any atom is -0.385 e. The lowest BCUT2D eigenvalue weighted by Crippen LogP contribution is -2.12. The van der Waals surface area contributed by atoms with Gasteiger partial charge in [-0.2, -0.15) is 13.2 Å². The van der Waals surface area contributed by atoms with Crippen molar-refractivity contribution in [2.75, 3.05) is 0 Å². The van der Waals surface area contributed by atoms with Crippen LogP contribution in [-0.4, -0.2) is 10.2 Å². The third-order valence-electron chi connectivity index (χ3n) is 3.00. The fraction of sp³-hybridized carbons (Fsp3) is 0.200. The van der Waals surface area contributed by atoms with E-state index in [1.165, 1.54) is 12.1 Å². The summed E-state index contributed by atoms with van der Waals surface area (Å²) < 4.78 is 37.8. The van der Waals surface area contributed by atoms with Crippen molar-refractivity contribution in [2.45, 2.75) is 18.4 Å². The molecule has 2 unspecified atom stereocenters. The average Bonchev–Trinajstić information content (AvgIpc) is 2.46. The molecule has 0 fully saturated rings. The predicted molar refractivity (Wildman–Crippen MR) is 67.8 cm³/mol. The zero-order valence-corrected chi connectivity index (χ0v) is 10.4. The van der Waals surface area contributed by atoms with Crippen LogP contribution < -0.4 is 0 Å². The minimum atomic E-state index is -4.48. The van der Waals surface area contributed by atoms with Crippen LogP contribution in [0.1, 0.15) is 28.9 Å². The van der Waals surface area contributed by atoms with Gasteiger partial charge in [0, 0.05) is 0 Å². The lowest BCUT2D eigenvalue weighted by atomic mass is 9.97. The highest BCUT2D eigenvalue weighted by atomic mass is 19.4. The number of aliphatic hydroxyl groups is 2. The Morgan fingerprint density at radius 3 is 1.90 bits per heavy atom. The first-order chi connectivity index (χ1) is 9.39. The van der Waals surface area contributed by atoms with E-state index in [-0.39, 0.29) is 5.56 Å². The monoisotopic (exact) mass is 282 g/mol. The third-order valence-corrected chi connectivity index (χ3v) is 3.00. The van der Waals surface area contributed by atoms with Crippen molar-refractivity contribution in [2.24, 2.45) is 0 Å². The Labute approximate surface area is 114 Å². The molecule has 0 saturated heterocycles. The number of aliphatic hydroxyl groups excluding tert-OH is 2. The van der Waals surface area contributed by atoms with Gasteiger partial charge in [0.25, 0.3) is 0 Å². The van der Waals surface area contributed by atoms with Crippen molar-refractivity contribution in [3.8, 4) is 0 Å². The van der Waals surface area contributed by atoms with Crippen molar-refractivity contribution in [1.29, 1.82) is 0 Å². The van der Waals surface area contributed by atoms with Gasteiger partial charge in [0.1, 0.15) is 12.2 Å². The van der Waals surface area contributed by atoms with Crippen LogP contribution in [0.2, 0.25) is 0 Å². The van der Waals surface area contributed by atoms with E-state index < -0.39 is 23.9 Å². The highest BCUT2D eigenvalue weighted by Crippen LogP contribution is 2.33. The first-order valence-electron chi connectivity index (χ1n) is 5.98. The van der Waals surface area contributed by atoms with Crippen molar-refractivity contribution in [1.82, 2.24) is 0 Å². The molecule has 2 atom stereocenters. The summed E-state index contributed by atoms with van der Waals surface area (Å²) >= 11 is 0. The summed E-state index contributed by atoms with van der Waals surface area (Å²) in [6.45, 7) is 0. The first-order valence-corrected chi connectivity index (χ1v) is 5.98. The number of rotatable bonds is 3. The third kappa shape index (κ3) is 3.18. The molecule has 5 heteroatoms. The molecule has 0 amide bonds. The lowest BCUT2D eigenvalue weighted by molar-refractivity contribution is -0.137. The molecule has 0 bridgehead atoms. The number of hydrogen-bond acceptors (Lipinski definition) is 2. The van der Waals surface area contributed by atoms with Crippen LogP contribution in [0, 0.1) is 0 Å². The van der Waals surface area contributed by atoms with Crippen molar-refractivity contribution >= 4 is 0 Å². The molecule has 0 aliphatic carbocycles. The summed E-state index contributed by atoms with van der Waals surface area (Å²) in [5.74, 6) is 0. The molecule has 2 rings (SSSR count). The second kappa shape index (κ2) is 5.64. The maximum Gasteiger partial charge on any atom is 0.416 e. The Morgan fingerprint density at radius 2 is 1.30 bits per heavy atom. The van der Waals surface area contributed by atoms with Crippen LogP contribution in [0.3, 0.4) is 0 Å². The molecule has 0 spiro atoms. The average molecular weight is 282 g/mol. The van der Waals surface area contributed by atoms with E-state index in [9.17, 15) is 23.4 Å². The van der Waals surface area contributed by atoms with E-state index in [0.29, 0.717) is 5.56 Å². The quantitative estimate of drug-likeness (QED) is 0.905. The SMILES string of the molecule is OC(c1ccccc1)C(O)c1cccc(C(F)(F)F)c1.